The average Bonchev–Trinajstić information content (AvgIpc) is 2.82. The number of nitriles is 1. The molecule has 0 aliphatic carbocycles. The molecule has 2 heterocycles. The molecule has 0 fully saturated rings. The number of rotatable bonds is 3. The molecule has 0 spiro atoms. The number of hydrogen-bond donors (Lipinski definition) is 1. The number of thiazole rings is 1. The molecule has 0 radical (unpaired) electrons. The van der Waals surface area contributed by atoms with E-state index < -0.39 is 11.5 Å². The van der Waals surface area contributed by atoms with E-state index in [2.05, 4.69) is 10.7 Å². The number of hydrogen-bond acceptors (Lipinski definition) is 5. The van der Waals surface area contributed by atoms with Gasteiger partial charge in [-0.3, -0.25) is 14.3 Å². The standard InChI is InChI=1S/C15H11N3O3S/c1-2-18-13(19)12(6-5-10-4-3-7-17-9-10)22-14(18)11(8-16)15(20)21/h3-5,7,9H,2H2,1H3,(H,20,21)/b14-11-. The van der Waals surface area contributed by atoms with Crippen molar-refractivity contribution in [2.24, 2.45) is 0 Å². The maximum absolute atomic E-state index is 12.2. The van der Waals surface area contributed by atoms with E-state index in [1.807, 2.05) is 0 Å². The fourth-order valence-electron chi connectivity index (χ4n) is 1.77. The normalized spacial score (nSPS) is 11.3. The Hall–Kier alpha value is -2.94. The van der Waals surface area contributed by atoms with Crippen molar-refractivity contribution in [1.29, 1.82) is 5.26 Å². The first-order valence-corrected chi connectivity index (χ1v) is 7.14. The van der Waals surface area contributed by atoms with E-state index in [4.69, 9.17) is 10.4 Å². The van der Waals surface area contributed by atoms with E-state index in [9.17, 15) is 9.59 Å². The fraction of sp³-hybridized carbons (Fsp3) is 0.133. The molecule has 0 saturated carbocycles. The van der Waals surface area contributed by atoms with Crippen molar-refractivity contribution in [3.8, 4) is 6.07 Å². The predicted octanol–water partition coefficient (Wildman–Crippen LogP) is 0.176. The minimum absolute atomic E-state index is 0.129. The van der Waals surface area contributed by atoms with Gasteiger partial charge < -0.3 is 5.11 Å². The van der Waals surface area contributed by atoms with Crippen LogP contribution in [0.4, 0.5) is 0 Å². The lowest BCUT2D eigenvalue weighted by Crippen LogP contribution is -2.31. The zero-order chi connectivity index (χ0) is 16.1. The van der Waals surface area contributed by atoms with Crippen LogP contribution in [0.3, 0.4) is 0 Å². The van der Waals surface area contributed by atoms with Crippen molar-refractivity contribution in [2.45, 2.75) is 13.5 Å². The number of carboxylic acids is 1. The lowest BCUT2D eigenvalue weighted by atomic mass is 10.3. The van der Waals surface area contributed by atoms with E-state index >= 15 is 0 Å². The summed E-state index contributed by atoms with van der Waals surface area (Å²) in [5.41, 5.74) is 2.80. The summed E-state index contributed by atoms with van der Waals surface area (Å²) in [6.07, 6.45) is 4.84. The minimum atomic E-state index is -1.35. The molecule has 0 aromatic carbocycles. The molecule has 22 heavy (non-hydrogen) atoms. The molecule has 6 nitrogen and oxygen atoms in total. The Balaban J connectivity index is 2.81. The summed E-state index contributed by atoms with van der Waals surface area (Å²) < 4.78 is 1.64. The van der Waals surface area contributed by atoms with Gasteiger partial charge in [-0.2, -0.15) is 5.26 Å². The van der Waals surface area contributed by atoms with Gasteiger partial charge in [0.05, 0.1) is 0 Å². The molecule has 0 atom stereocenters. The second-order valence-corrected chi connectivity index (χ2v) is 5.15. The van der Waals surface area contributed by atoms with Crippen LogP contribution in [0.15, 0.2) is 29.3 Å². The smallest absolute Gasteiger partial charge is 0.349 e. The van der Waals surface area contributed by atoms with E-state index in [-0.39, 0.29) is 21.3 Å². The molecule has 0 saturated heterocycles. The summed E-state index contributed by atoms with van der Waals surface area (Å²) in [5, 5.41) is 18.0. The number of aromatic nitrogens is 2. The Labute approximate surface area is 129 Å². The largest absolute Gasteiger partial charge is 0.477 e. The first-order valence-electron chi connectivity index (χ1n) is 6.32. The van der Waals surface area contributed by atoms with Gasteiger partial charge in [-0.1, -0.05) is 11.8 Å². The van der Waals surface area contributed by atoms with Gasteiger partial charge in [0.2, 0.25) is 0 Å². The first-order chi connectivity index (χ1) is 10.6. The van der Waals surface area contributed by atoms with Crippen molar-refractivity contribution in [3.05, 3.63) is 49.6 Å². The van der Waals surface area contributed by atoms with Crippen molar-refractivity contribution < 1.29 is 9.90 Å². The van der Waals surface area contributed by atoms with Gasteiger partial charge in [0.25, 0.3) is 5.56 Å². The number of carboxylic acid groups (broad SMARTS) is 1. The van der Waals surface area contributed by atoms with Gasteiger partial charge in [0.1, 0.15) is 15.3 Å². The topological polar surface area (TPSA) is 96.0 Å². The van der Waals surface area contributed by atoms with Crippen LogP contribution >= 0.6 is 11.3 Å². The second kappa shape index (κ2) is 6.68. The summed E-state index contributed by atoms with van der Waals surface area (Å²) in [5.74, 6) is -1.35. The Kier molecular flexibility index (Phi) is 4.69. The van der Waals surface area contributed by atoms with Crippen LogP contribution in [0.1, 0.15) is 12.5 Å². The molecule has 0 amide bonds. The number of pyridine rings is 1. The minimum Gasteiger partial charge on any atom is -0.477 e. The van der Waals surface area contributed by atoms with Crippen molar-refractivity contribution >= 4 is 34.7 Å². The van der Waals surface area contributed by atoms with Crippen LogP contribution < -0.4 is 14.8 Å². The second-order valence-electron chi connectivity index (χ2n) is 4.15. The molecular formula is C15H11N3O3S. The third kappa shape index (κ3) is 3.04. The zero-order valence-corrected chi connectivity index (χ0v) is 12.4. The molecule has 7 heteroatoms. The Morgan fingerprint density at radius 2 is 2.36 bits per heavy atom. The molecule has 2 aromatic rings. The van der Waals surface area contributed by atoms with E-state index in [0.717, 1.165) is 16.9 Å². The summed E-state index contributed by atoms with van der Waals surface area (Å²) in [6, 6.07) is 5.18. The van der Waals surface area contributed by atoms with Gasteiger partial charge in [-0.05, 0) is 19.1 Å². The molecule has 0 aliphatic rings. The van der Waals surface area contributed by atoms with E-state index in [1.165, 1.54) is 4.57 Å². The zero-order valence-electron chi connectivity index (χ0n) is 11.6. The van der Waals surface area contributed by atoms with E-state index in [0.29, 0.717) is 0 Å². The molecule has 1 N–H and O–H groups in total. The summed E-state index contributed by atoms with van der Waals surface area (Å²) >= 11 is 0.938. The molecule has 0 aliphatic heterocycles. The van der Waals surface area contributed by atoms with Gasteiger partial charge in [-0.25, -0.2) is 4.79 Å². The number of carbonyl (C=O) groups is 1. The van der Waals surface area contributed by atoms with Gasteiger partial charge in [0, 0.05) is 24.5 Å². The third-order valence-electron chi connectivity index (χ3n) is 2.79. The van der Waals surface area contributed by atoms with E-state index in [1.54, 1.807) is 43.6 Å². The lowest BCUT2D eigenvalue weighted by molar-refractivity contribution is -0.130. The van der Waals surface area contributed by atoms with Gasteiger partial charge in [-0.15, -0.1) is 11.3 Å². The molecule has 2 aromatic heterocycles. The lowest BCUT2D eigenvalue weighted by Gasteiger charge is -1.95. The van der Waals surface area contributed by atoms with Crippen LogP contribution in [0.25, 0.3) is 17.4 Å². The summed E-state index contributed by atoms with van der Waals surface area (Å²) in [4.78, 5) is 27.3. The quantitative estimate of drug-likeness (QED) is 0.872. The highest BCUT2D eigenvalue weighted by molar-refractivity contribution is 7.07. The van der Waals surface area contributed by atoms with Gasteiger partial charge in [0.15, 0.2) is 5.57 Å². The van der Waals surface area contributed by atoms with Crippen molar-refractivity contribution in [3.63, 3.8) is 0 Å². The van der Waals surface area contributed by atoms with Crippen LogP contribution in [0, 0.1) is 11.3 Å². The molecule has 110 valence electrons. The molecule has 0 bridgehead atoms. The SMILES string of the molecule is CCn1c(=O)c(=C=Cc2cccnc2)s/c1=C(/C#N)C(=O)O. The average molecular weight is 313 g/mol. The summed E-state index contributed by atoms with van der Waals surface area (Å²) in [7, 11) is 0. The van der Waals surface area contributed by atoms with Crippen molar-refractivity contribution in [1.82, 2.24) is 9.55 Å². The number of nitrogens with zero attached hydrogens (tertiary/aromatic N) is 3. The Bertz CT molecular complexity index is 958. The third-order valence-corrected chi connectivity index (χ3v) is 3.91. The highest BCUT2D eigenvalue weighted by atomic mass is 32.1. The highest BCUT2D eigenvalue weighted by Gasteiger charge is 2.13. The van der Waals surface area contributed by atoms with Crippen LogP contribution in [-0.4, -0.2) is 20.6 Å². The fourth-order valence-corrected chi connectivity index (χ4v) is 2.84. The highest BCUT2D eigenvalue weighted by Crippen LogP contribution is 1.96. The van der Waals surface area contributed by atoms with Crippen LogP contribution in [-0.2, 0) is 11.3 Å². The monoisotopic (exact) mass is 313 g/mol. The predicted molar refractivity (Wildman–Crippen MR) is 82.3 cm³/mol. The molecular weight excluding hydrogens is 302 g/mol. The summed E-state index contributed by atoms with van der Waals surface area (Å²) in [6.45, 7) is 1.99. The van der Waals surface area contributed by atoms with Crippen LogP contribution in [0.5, 0.6) is 0 Å². The number of aliphatic carboxylic acids is 1. The first kappa shape index (κ1) is 15.4. The maximum Gasteiger partial charge on any atom is 0.349 e. The van der Waals surface area contributed by atoms with Crippen LogP contribution in [0.2, 0.25) is 0 Å². The van der Waals surface area contributed by atoms with Crippen molar-refractivity contribution in [2.75, 3.05) is 0 Å². The molecule has 0 unspecified atom stereocenters. The molecule has 2 rings (SSSR count). The Morgan fingerprint density at radius 1 is 1.59 bits per heavy atom. The Morgan fingerprint density at radius 3 is 2.91 bits per heavy atom. The van der Waals surface area contributed by atoms with Gasteiger partial charge >= 0.3 is 5.97 Å². The maximum atomic E-state index is 12.2.